The number of rotatable bonds is 4. The van der Waals surface area contributed by atoms with E-state index in [9.17, 15) is 9.59 Å². The normalized spacial score (nSPS) is 9.79. The smallest absolute Gasteiger partial charge is 0.309 e. The van der Waals surface area contributed by atoms with E-state index in [0.717, 1.165) is 0 Å². The van der Waals surface area contributed by atoms with Crippen molar-refractivity contribution in [3.63, 3.8) is 0 Å². The number of hydrogen-bond donors (Lipinski definition) is 2. The quantitative estimate of drug-likeness (QED) is 0.742. The van der Waals surface area contributed by atoms with Gasteiger partial charge < -0.3 is 10.4 Å². The number of carbonyl (C=O) groups is 2. The lowest BCUT2D eigenvalue weighted by Gasteiger charge is -1.93. The minimum absolute atomic E-state index is 0.0930. The number of amides is 1. The first-order chi connectivity index (χ1) is 6.61. The van der Waals surface area contributed by atoms with Gasteiger partial charge in [0.2, 0.25) is 5.91 Å². The SMILES string of the molecule is CNC(=O)Cc1nc(CC(=O)O)cs1. The van der Waals surface area contributed by atoms with Crippen LogP contribution in [0.3, 0.4) is 0 Å². The number of thiazole rings is 1. The molecule has 0 atom stereocenters. The monoisotopic (exact) mass is 214 g/mol. The van der Waals surface area contributed by atoms with E-state index in [1.807, 2.05) is 0 Å². The summed E-state index contributed by atoms with van der Waals surface area (Å²) >= 11 is 1.30. The maximum atomic E-state index is 11.0. The van der Waals surface area contributed by atoms with Crippen molar-refractivity contribution in [3.05, 3.63) is 16.1 Å². The predicted molar refractivity (Wildman–Crippen MR) is 51.2 cm³/mol. The average Bonchev–Trinajstić information content (AvgIpc) is 2.51. The largest absolute Gasteiger partial charge is 0.481 e. The molecule has 0 aliphatic carbocycles. The maximum absolute atomic E-state index is 11.0. The molecule has 1 aromatic heterocycles. The minimum Gasteiger partial charge on any atom is -0.481 e. The number of aliphatic carboxylic acids is 1. The zero-order chi connectivity index (χ0) is 10.6. The molecule has 5 nitrogen and oxygen atoms in total. The molecule has 0 spiro atoms. The average molecular weight is 214 g/mol. The summed E-state index contributed by atoms with van der Waals surface area (Å²) in [4.78, 5) is 25.3. The van der Waals surface area contributed by atoms with Crippen molar-refractivity contribution in [2.45, 2.75) is 12.8 Å². The van der Waals surface area contributed by atoms with Gasteiger partial charge in [0.15, 0.2) is 0 Å². The van der Waals surface area contributed by atoms with Crippen molar-refractivity contribution in [2.24, 2.45) is 0 Å². The molecule has 2 N–H and O–H groups in total. The lowest BCUT2D eigenvalue weighted by Crippen LogP contribution is -2.19. The Bertz CT molecular complexity index is 348. The van der Waals surface area contributed by atoms with Crippen LogP contribution in [0.15, 0.2) is 5.38 Å². The van der Waals surface area contributed by atoms with E-state index in [1.165, 1.54) is 11.3 Å². The van der Waals surface area contributed by atoms with Crippen LogP contribution >= 0.6 is 11.3 Å². The molecule has 0 saturated heterocycles. The molecule has 1 amide bonds. The fraction of sp³-hybridized carbons (Fsp3) is 0.375. The topological polar surface area (TPSA) is 79.3 Å². The molecule has 1 heterocycles. The van der Waals surface area contributed by atoms with Gasteiger partial charge in [-0.3, -0.25) is 9.59 Å². The maximum Gasteiger partial charge on any atom is 0.309 e. The second-order valence-corrected chi connectivity index (χ2v) is 3.60. The summed E-state index contributed by atoms with van der Waals surface area (Å²) in [6.07, 6.45) is 0.116. The van der Waals surface area contributed by atoms with E-state index in [4.69, 9.17) is 5.11 Å². The first kappa shape index (κ1) is 10.6. The van der Waals surface area contributed by atoms with Gasteiger partial charge in [-0.05, 0) is 0 Å². The number of likely N-dealkylation sites (N-methyl/N-ethyl adjacent to an activating group) is 1. The number of carbonyl (C=O) groups excluding carboxylic acids is 1. The number of carboxylic acids is 1. The van der Waals surface area contributed by atoms with Gasteiger partial charge in [-0.2, -0.15) is 0 Å². The minimum atomic E-state index is -0.915. The number of nitrogens with one attached hydrogen (secondary N) is 1. The lowest BCUT2D eigenvalue weighted by atomic mass is 10.3. The van der Waals surface area contributed by atoms with E-state index in [1.54, 1.807) is 12.4 Å². The lowest BCUT2D eigenvalue weighted by molar-refractivity contribution is -0.136. The molecule has 0 fully saturated rings. The summed E-state index contributed by atoms with van der Waals surface area (Å²) in [7, 11) is 1.55. The van der Waals surface area contributed by atoms with Crippen LogP contribution in [-0.2, 0) is 22.4 Å². The molecule has 1 rings (SSSR count). The Labute approximate surface area is 84.8 Å². The Morgan fingerprint density at radius 1 is 1.57 bits per heavy atom. The van der Waals surface area contributed by atoms with Crippen LogP contribution in [0, 0.1) is 0 Å². The summed E-state index contributed by atoms with van der Waals surface area (Å²) in [5, 5.41) is 13.3. The molecule has 0 aromatic carbocycles. The van der Waals surface area contributed by atoms with Gasteiger partial charge in [0.1, 0.15) is 5.01 Å². The van der Waals surface area contributed by atoms with Crippen LogP contribution in [-0.4, -0.2) is 29.0 Å². The summed E-state index contributed by atoms with van der Waals surface area (Å²) in [6, 6.07) is 0. The molecule has 0 unspecified atom stereocenters. The Balaban J connectivity index is 2.59. The van der Waals surface area contributed by atoms with Gasteiger partial charge in [-0.15, -0.1) is 11.3 Å². The Hall–Kier alpha value is -1.43. The molecule has 76 valence electrons. The van der Waals surface area contributed by atoms with E-state index in [-0.39, 0.29) is 18.7 Å². The molecule has 0 radical (unpaired) electrons. The van der Waals surface area contributed by atoms with Gasteiger partial charge >= 0.3 is 5.97 Å². The number of aromatic nitrogens is 1. The van der Waals surface area contributed by atoms with Crippen LogP contribution in [0.4, 0.5) is 0 Å². The molecule has 14 heavy (non-hydrogen) atoms. The highest BCUT2D eigenvalue weighted by atomic mass is 32.1. The zero-order valence-electron chi connectivity index (χ0n) is 7.61. The third-order valence-electron chi connectivity index (χ3n) is 1.52. The summed E-state index contributed by atoms with van der Waals surface area (Å²) < 4.78 is 0. The second-order valence-electron chi connectivity index (χ2n) is 2.65. The van der Waals surface area contributed by atoms with Crippen LogP contribution in [0.1, 0.15) is 10.7 Å². The highest BCUT2D eigenvalue weighted by molar-refractivity contribution is 7.09. The van der Waals surface area contributed by atoms with E-state index >= 15 is 0 Å². The first-order valence-electron chi connectivity index (χ1n) is 3.97. The molecule has 0 aliphatic heterocycles. The number of carboxylic acid groups (broad SMARTS) is 1. The highest BCUT2D eigenvalue weighted by Gasteiger charge is 2.08. The summed E-state index contributed by atoms with van der Waals surface area (Å²) in [5.74, 6) is -1.04. The molecule has 6 heteroatoms. The Kier molecular flexibility index (Phi) is 3.58. The first-order valence-corrected chi connectivity index (χ1v) is 4.85. The highest BCUT2D eigenvalue weighted by Crippen LogP contribution is 2.10. The summed E-state index contributed by atoms with van der Waals surface area (Å²) in [6.45, 7) is 0. The van der Waals surface area contributed by atoms with E-state index in [2.05, 4.69) is 10.3 Å². The van der Waals surface area contributed by atoms with Crippen molar-refractivity contribution in [1.82, 2.24) is 10.3 Å². The van der Waals surface area contributed by atoms with Gasteiger partial charge in [-0.25, -0.2) is 4.98 Å². The van der Waals surface area contributed by atoms with E-state index in [0.29, 0.717) is 10.7 Å². The summed E-state index contributed by atoms with van der Waals surface area (Å²) in [5.41, 5.74) is 0.501. The molecule has 0 saturated carbocycles. The molecule has 1 aromatic rings. The molecule has 0 bridgehead atoms. The van der Waals surface area contributed by atoms with Gasteiger partial charge in [-0.1, -0.05) is 0 Å². The van der Waals surface area contributed by atoms with Crippen molar-refractivity contribution in [2.75, 3.05) is 7.05 Å². The fourth-order valence-corrected chi connectivity index (χ4v) is 1.68. The standard InChI is InChI=1S/C8H10N2O3S/c1-9-6(11)3-7-10-5(4-14-7)2-8(12)13/h4H,2-3H2,1H3,(H,9,11)(H,12,13). The van der Waals surface area contributed by atoms with Crippen LogP contribution in [0.5, 0.6) is 0 Å². The van der Waals surface area contributed by atoms with Crippen molar-refractivity contribution < 1.29 is 14.7 Å². The van der Waals surface area contributed by atoms with Crippen LogP contribution in [0.25, 0.3) is 0 Å². The Morgan fingerprint density at radius 2 is 2.29 bits per heavy atom. The van der Waals surface area contributed by atoms with Crippen molar-refractivity contribution in [3.8, 4) is 0 Å². The van der Waals surface area contributed by atoms with Gasteiger partial charge in [0, 0.05) is 12.4 Å². The van der Waals surface area contributed by atoms with Gasteiger partial charge in [0.05, 0.1) is 18.5 Å². The van der Waals surface area contributed by atoms with Crippen molar-refractivity contribution >= 4 is 23.2 Å². The van der Waals surface area contributed by atoms with Crippen LogP contribution in [0.2, 0.25) is 0 Å². The van der Waals surface area contributed by atoms with E-state index < -0.39 is 5.97 Å². The van der Waals surface area contributed by atoms with Gasteiger partial charge in [0.25, 0.3) is 0 Å². The third-order valence-corrected chi connectivity index (χ3v) is 2.42. The Morgan fingerprint density at radius 3 is 2.86 bits per heavy atom. The second kappa shape index (κ2) is 4.71. The molecule has 0 aliphatic rings. The third kappa shape index (κ3) is 3.14. The zero-order valence-corrected chi connectivity index (χ0v) is 8.43. The van der Waals surface area contributed by atoms with Crippen molar-refractivity contribution in [1.29, 1.82) is 0 Å². The van der Waals surface area contributed by atoms with Crippen LogP contribution < -0.4 is 5.32 Å². The number of nitrogens with zero attached hydrogens (tertiary/aromatic N) is 1. The molecular weight excluding hydrogens is 204 g/mol. The fourth-order valence-electron chi connectivity index (χ4n) is 0.892. The predicted octanol–water partition coefficient (Wildman–Crippen LogP) is 0.0587. The molecular formula is C8H10N2O3S. The number of hydrogen-bond acceptors (Lipinski definition) is 4.